The lowest BCUT2D eigenvalue weighted by molar-refractivity contribution is -0.139. The second kappa shape index (κ2) is 10.00. The van der Waals surface area contributed by atoms with Crippen LogP contribution in [0.3, 0.4) is 0 Å². The van der Waals surface area contributed by atoms with E-state index in [0.717, 1.165) is 0 Å². The second-order valence-corrected chi connectivity index (χ2v) is 8.03. The first kappa shape index (κ1) is 20.9. The van der Waals surface area contributed by atoms with Crippen LogP contribution in [0.1, 0.15) is 33.1 Å². The van der Waals surface area contributed by atoms with Gasteiger partial charge in [0.1, 0.15) is 5.75 Å². The van der Waals surface area contributed by atoms with Crippen molar-refractivity contribution in [3.63, 3.8) is 0 Å². The highest BCUT2D eigenvalue weighted by Crippen LogP contribution is 2.17. The van der Waals surface area contributed by atoms with Crippen LogP contribution in [-0.4, -0.2) is 43.8 Å². The third-order valence-electron chi connectivity index (χ3n) is 3.23. The third-order valence-corrected chi connectivity index (χ3v) is 5.08. The number of hydrogen-bond acceptors (Lipinski definition) is 5. The molecule has 0 bridgehead atoms. The topological polar surface area (TPSA) is 122 Å². The van der Waals surface area contributed by atoms with Crippen molar-refractivity contribution >= 4 is 27.6 Å². The van der Waals surface area contributed by atoms with Gasteiger partial charge in [0.2, 0.25) is 15.9 Å². The molecule has 0 saturated carbocycles. The van der Waals surface area contributed by atoms with Gasteiger partial charge in [0.15, 0.2) is 6.61 Å². The maximum atomic E-state index is 11.9. The summed E-state index contributed by atoms with van der Waals surface area (Å²) in [6.45, 7) is 3.05. The average molecular weight is 372 g/mol. The van der Waals surface area contributed by atoms with E-state index < -0.39 is 27.8 Å². The Morgan fingerprint density at radius 1 is 1.24 bits per heavy atom. The Morgan fingerprint density at radius 3 is 2.60 bits per heavy atom. The number of aliphatic carboxylic acids is 1. The van der Waals surface area contributed by atoms with E-state index in [1.807, 2.05) is 0 Å². The molecule has 25 heavy (non-hydrogen) atoms. The Balaban J connectivity index is 2.33. The number of hydrogen-bond donors (Lipinski definition) is 3. The molecule has 3 N–H and O–H groups in total. The molecular weight excluding hydrogens is 348 g/mol. The van der Waals surface area contributed by atoms with E-state index in [2.05, 4.69) is 10.0 Å². The summed E-state index contributed by atoms with van der Waals surface area (Å²) in [7, 11) is -3.27. The van der Waals surface area contributed by atoms with Gasteiger partial charge >= 0.3 is 5.97 Å². The molecule has 140 valence electrons. The van der Waals surface area contributed by atoms with Crippen LogP contribution >= 0.6 is 0 Å². The van der Waals surface area contributed by atoms with Crippen molar-refractivity contribution in [3.05, 3.63) is 24.3 Å². The molecule has 1 aromatic carbocycles. The summed E-state index contributed by atoms with van der Waals surface area (Å²) < 4.78 is 30.6. The lowest BCUT2D eigenvalue weighted by Gasteiger charge is -2.10. The lowest BCUT2D eigenvalue weighted by Crippen LogP contribution is -2.31. The van der Waals surface area contributed by atoms with E-state index in [-0.39, 0.29) is 12.3 Å². The minimum Gasteiger partial charge on any atom is -0.482 e. The minimum absolute atomic E-state index is 0.206. The van der Waals surface area contributed by atoms with Crippen LogP contribution < -0.4 is 14.8 Å². The predicted molar refractivity (Wildman–Crippen MR) is 94.1 cm³/mol. The van der Waals surface area contributed by atoms with Gasteiger partial charge in [0, 0.05) is 24.7 Å². The number of anilines is 1. The highest BCUT2D eigenvalue weighted by atomic mass is 32.2. The number of carbonyl (C=O) groups excluding carboxylic acids is 1. The summed E-state index contributed by atoms with van der Waals surface area (Å²) in [6.07, 6.45) is 1.35. The molecule has 0 aliphatic heterocycles. The van der Waals surface area contributed by atoms with Gasteiger partial charge in [-0.3, -0.25) is 4.79 Å². The first-order valence-corrected chi connectivity index (χ1v) is 9.48. The first-order valence-electron chi connectivity index (χ1n) is 7.93. The molecule has 0 atom stereocenters. The molecule has 0 spiro atoms. The molecular formula is C16H24N2O6S. The second-order valence-electron chi connectivity index (χ2n) is 5.70. The largest absolute Gasteiger partial charge is 0.482 e. The fourth-order valence-electron chi connectivity index (χ4n) is 1.82. The number of carbonyl (C=O) groups is 2. The van der Waals surface area contributed by atoms with E-state index in [4.69, 9.17) is 9.84 Å². The minimum atomic E-state index is -3.27. The van der Waals surface area contributed by atoms with Crippen molar-refractivity contribution in [2.75, 3.05) is 18.5 Å². The van der Waals surface area contributed by atoms with E-state index in [9.17, 15) is 18.0 Å². The summed E-state index contributed by atoms with van der Waals surface area (Å²) in [5.74, 6) is -0.937. The molecule has 0 aliphatic carbocycles. The Kier molecular flexibility index (Phi) is 8.36. The molecule has 0 aliphatic rings. The monoisotopic (exact) mass is 372 g/mol. The molecule has 0 unspecified atom stereocenters. The summed E-state index contributed by atoms with van der Waals surface area (Å²) >= 11 is 0. The molecule has 0 saturated heterocycles. The van der Waals surface area contributed by atoms with Gasteiger partial charge in [-0.2, -0.15) is 0 Å². The van der Waals surface area contributed by atoms with Crippen molar-refractivity contribution in [3.8, 4) is 5.75 Å². The van der Waals surface area contributed by atoms with Gasteiger partial charge in [0.25, 0.3) is 0 Å². The lowest BCUT2D eigenvalue weighted by atomic mass is 10.2. The maximum Gasteiger partial charge on any atom is 0.341 e. The smallest absolute Gasteiger partial charge is 0.341 e. The van der Waals surface area contributed by atoms with Crippen molar-refractivity contribution in [2.45, 2.75) is 38.4 Å². The molecule has 9 heteroatoms. The predicted octanol–water partition coefficient (Wildman–Crippen LogP) is 1.59. The van der Waals surface area contributed by atoms with Gasteiger partial charge in [0.05, 0.1) is 5.25 Å². The summed E-state index contributed by atoms with van der Waals surface area (Å²) in [5.41, 5.74) is 0.508. The number of nitrogens with one attached hydrogen (secondary N) is 2. The van der Waals surface area contributed by atoms with Crippen molar-refractivity contribution < 1.29 is 27.9 Å². The Labute approximate surface area is 147 Å². The normalized spacial score (nSPS) is 11.3. The number of carboxylic acids is 1. The van der Waals surface area contributed by atoms with Crippen LogP contribution in [0.4, 0.5) is 5.69 Å². The van der Waals surface area contributed by atoms with Crippen LogP contribution in [0.5, 0.6) is 5.75 Å². The maximum absolute atomic E-state index is 11.9. The summed E-state index contributed by atoms with van der Waals surface area (Å²) in [4.78, 5) is 22.3. The zero-order chi connectivity index (χ0) is 18.9. The van der Waals surface area contributed by atoms with E-state index in [0.29, 0.717) is 30.8 Å². The Bertz CT molecular complexity index is 688. The SMILES string of the molecule is CC(C)S(=O)(=O)NCCCCC(=O)Nc1cccc(OCC(=O)O)c1. The number of amides is 1. The molecule has 0 heterocycles. The average Bonchev–Trinajstić information content (AvgIpc) is 2.52. The van der Waals surface area contributed by atoms with E-state index in [1.54, 1.807) is 32.0 Å². The van der Waals surface area contributed by atoms with Crippen LogP contribution in [0.15, 0.2) is 24.3 Å². The molecule has 0 radical (unpaired) electrons. The summed E-state index contributed by atoms with van der Waals surface area (Å²) in [6, 6.07) is 6.45. The fraction of sp³-hybridized carbons (Fsp3) is 0.500. The standard InChI is InChI=1S/C16H24N2O6S/c1-12(2)25(22,23)17-9-4-3-8-15(19)18-13-6-5-7-14(10-13)24-11-16(20)21/h5-7,10,12,17H,3-4,8-9,11H2,1-2H3,(H,18,19)(H,20,21). The Hall–Kier alpha value is -2.13. The Morgan fingerprint density at radius 2 is 1.96 bits per heavy atom. The highest BCUT2D eigenvalue weighted by Gasteiger charge is 2.14. The number of ether oxygens (including phenoxy) is 1. The molecule has 1 amide bonds. The first-order chi connectivity index (χ1) is 11.7. The molecule has 0 aromatic heterocycles. The van der Waals surface area contributed by atoms with Crippen molar-refractivity contribution in [1.29, 1.82) is 0 Å². The quantitative estimate of drug-likeness (QED) is 0.507. The van der Waals surface area contributed by atoms with Gasteiger partial charge in [-0.05, 0) is 38.8 Å². The van der Waals surface area contributed by atoms with Crippen molar-refractivity contribution in [2.24, 2.45) is 0 Å². The molecule has 0 fully saturated rings. The van der Waals surface area contributed by atoms with Crippen LogP contribution in [0, 0.1) is 0 Å². The third kappa shape index (κ3) is 8.50. The van der Waals surface area contributed by atoms with Gasteiger partial charge < -0.3 is 15.2 Å². The number of benzene rings is 1. The number of carboxylic acid groups (broad SMARTS) is 1. The molecule has 1 aromatic rings. The van der Waals surface area contributed by atoms with E-state index in [1.165, 1.54) is 6.07 Å². The molecule has 1 rings (SSSR count). The van der Waals surface area contributed by atoms with Gasteiger partial charge in [-0.1, -0.05) is 6.07 Å². The number of rotatable bonds is 11. The van der Waals surface area contributed by atoms with Crippen LogP contribution in [-0.2, 0) is 19.6 Å². The number of unbranched alkanes of at least 4 members (excludes halogenated alkanes) is 1. The summed E-state index contributed by atoms with van der Waals surface area (Å²) in [5, 5.41) is 10.8. The molecule has 8 nitrogen and oxygen atoms in total. The van der Waals surface area contributed by atoms with Crippen LogP contribution in [0.2, 0.25) is 0 Å². The zero-order valence-electron chi connectivity index (χ0n) is 14.3. The van der Waals surface area contributed by atoms with Gasteiger partial charge in [-0.25, -0.2) is 17.9 Å². The zero-order valence-corrected chi connectivity index (χ0v) is 15.1. The van der Waals surface area contributed by atoms with Crippen molar-refractivity contribution in [1.82, 2.24) is 4.72 Å². The fourth-order valence-corrected chi connectivity index (χ4v) is 2.59. The van der Waals surface area contributed by atoms with Crippen LogP contribution in [0.25, 0.3) is 0 Å². The van der Waals surface area contributed by atoms with E-state index >= 15 is 0 Å². The highest BCUT2D eigenvalue weighted by molar-refractivity contribution is 7.90. The van der Waals surface area contributed by atoms with Gasteiger partial charge in [-0.15, -0.1) is 0 Å². The number of sulfonamides is 1.